The van der Waals surface area contributed by atoms with Crippen molar-refractivity contribution in [2.45, 2.75) is 6.42 Å². The van der Waals surface area contributed by atoms with Crippen LogP contribution in [0.25, 0.3) is 0 Å². The molecule has 1 aromatic heterocycles. The largest absolute Gasteiger partial charge is 0.350 e. The second kappa shape index (κ2) is 5.18. The molecule has 0 bridgehead atoms. The summed E-state index contributed by atoms with van der Waals surface area (Å²) < 4.78 is 1.47. The fourth-order valence-electron chi connectivity index (χ4n) is 2.09. The van der Waals surface area contributed by atoms with Crippen molar-refractivity contribution < 1.29 is 9.72 Å². The van der Waals surface area contributed by atoms with Crippen LogP contribution in [0.4, 0.5) is 5.69 Å². The zero-order chi connectivity index (χ0) is 13.1. The van der Waals surface area contributed by atoms with Gasteiger partial charge in [0.15, 0.2) is 0 Å². The van der Waals surface area contributed by atoms with Crippen LogP contribution in [-0.4, -0.2) is 35.0 Å². The quantitative estimate of drug-likeness (QED) is 0.594. The van der Waals surface area contributed by atoms with Crippen LogP contribution >= 0.6 is 0 Å². The van der Waals surface area contributed by atoms with Crippen molar-refractivity contribution in [1.29, 1.82) is 0 Å². The highest BCUT2D eigenvalue weighted by molar-refractivity contribution is 5.93. The van der Waals surface area contributed by atoms with Crippen LogP contribution < -0.4 is 10.6 Å². The molecular weight excluding hydrogens is 236 g/mol. The van der Waals surface area contributed by atoms with Gasteiger partial charge in [0.05, 0.1) is 11.1 Å². The van der Waals surface area contributed by atoms with Crippen LogP contribution in [0.2, 0.25) is 0 Å². The van der Waals surface area contributed by atoms with Crippen LogP contribution in [0, 0.1) is 16.0 Å². The molecule has 1 aliphatic heterocycles. The second-order valence-electron chi connectivity index (χ2n) is 4.52. The Balaban J connectivity index is 1.97. The van der Waals surface area contributed by atoms with E-state index in [0.29, 0.717) is 18.2 Å². The Morgan fingerprint density at radius 2 is 2.50 bits per heavy atom. The normalized spacial score (nSPS) is 18.8. The number of aryl methyl sites for hydroxylation is 1. The van der Waals surface area contributed by atoms with E-state index in [2.05, 4.69) is 10.6 Å². The fourth-order valence-corrected chi connectivity index (χ4v) is 2.09. The lowest BCUT2D eigenvalue weighted by molar-refractivity contribution is -0.384. The minimum absolute atomic E-state index is 0.0646. The van der Waals surface area contributed by atoms with Crippen molar-refractivity contribution in [1.82, 2.24) is 15.2 Å². The van der Waals surface area contributed by atoms with E-state index in [0.717, 1.165) is 19.5 Å². The number of carbonyl (C=O) groups excluding carboxylic acids is 1. The lowest BCUT2D eigenvalue weighted by Crippen LogP contribution is -2.31. The van der Waals surface area contributed by atoms with E-state index in [1.165, 1.54) is 16.8 Å². The zero-order valence-electron chi connectivity index (χ0n) is 10.2. The van der Waals surface area contributed by atoms with Crippen molar-refractivity contribution in [3.8, 4) is 0 Å². The molecule has 2 N–H and O–H groups in total. The Morgan fingerprint density at radius 3 is 3.06 bits per heavy atom. The number of rotatable bonds is 4. The molecule has 0 aromatic carbocycles. The average molecular weight is 252 g/mol. The minimum atomic E-state index is -0.502. The maximum absolute atomic E-state index is 11.9. The molecule has 1 amide bonds. The number of nitrogens with zero attached hydrogens (tertiary/aromatic N) is 2. The SMILES string of the molecule is Cn1cc([N+](=O)[O-])cc1C(=O)NCC1CCNC1. The minimum Gasteiger partial charge on any atom is -0.350 e. The van der Waals surface area contributed by atoms with Gasteiger partial charge in [-0.25, -0.2) is 0 Å². The topological polar surface area (TPSA) is 89.2 Å². The van der Waals surface area contributed by atoms with Gasteiger partial charge in [0.2, 0.25) is 0 Å². The molecule has 1 atom stereocenters. The van der Waals surface area contributed by atoms with E-state index >= 15 is 0 Å². The van der Waals surface area contributed by atoms with Crippen LogP contribution in [0.1, 0.15) is 16.9 Å². The fraction of sp³-hybridized carbons (Fsp3) is 0.545. The van der Waals surface area contributed by atoms with Gasteiger partial charge in [0.25, 0.3) is 11.6 Å². The summed E-state index contributed by atoms with van der Waals surface area (Å²) in [5.74, 6) is 0.182. The molecule has 0 aliphatic carbocycles. The molecule has 1 aromatic rings. The van der Waals surface area contributed by atoms with Gasteiger partial charge < -0.3 is 15.2 Å². The molecule has 7 heteroatoms. The molecule has 0 saturated carbocycles. The molecule has 0 radical (unpaired) electrons. The Bertz CT molecular complexity index is 463. The Hall–Kier alpha value is -1.89. The molecule has 1 aliphatic rings. The number of hydrogen-bond acceptors (Lipinski definition) is 4. The third-order valence-electron chi connectivity index (χ3n) is 3.15. The molecular formula is C11H16N4O3. The Kier molecular flexibility index (Phi) is 3.61. The predicted molar refractivity (Wildman–Crippen MR) is 65.4 cm³/mol. The number of carbonyl (C=O) groups is 1. The molecule has 1 unspecified atom stereocenters. The number of amides is 1. The molecule has 0 spiro atoms. The van der Waals surface area contributed by atoms with E-state index in [9.17, 15) is 14.9 Å². The van der Waals surface area contributed by atoms with Crippen molar-refractivity contribution >= 4 is 11.6 Å². The summed E-state index contributed by atoms with van der Waals surface area (Å²) in [6.45, 7) is 2.49. The Labute approximate surface area is 104 Å². The number of nitrogens with one attached hydrogen (secondary N) is 2. The first-order valence-corrected chi connectivity index (χ1v) is 5.87. The summed E-state index contributed by atoms with van der Waals surface area (Å²) in [7, 11) is 1.62. The van der Waals surface area contributed by atoms with Crippen LogP contribution in [0.15, 0.2) is 12.3 Å². The van der Waals surface area contributed by atoms with Crippen LogP contribution in [0.5, 0.6) is 0 Å². The summed E-state index contributed by atoms with van der Waals surface area (Å²) >= 11 is 0. The summed E-state index contributed by atoms with van der Waals surface area (Å²) in [5.41, 5.74) is 0.248. The molecule has 1 saturated heterocycles. The summed E-state index contributed by atoms with van der Waals surface area (Å²) in [6, 6.07) is 1.29. The average Bonchev–Trinajstić information content (AvgIpc) is 2.94. The van der Waals surface area contributed by atoms with E-state index in [-0.39, 0.29) is 11.6 Å². The van der Waals surface area contributed by atoms with Crippen molar-refractivity contribution in [3.05, 3.63) is 28.1 Å². The first kappa shape index (κ1) is 12.6. The highest BCUT2D eigenvalue weighted by Crippen LogP contribution is 2.15. The Morgan fingerprint density at radius 1 is 1.72 bits per heavy atom. The van der Waals surface area contributed by atoms with Gasteiger partial charge in [-0.15, -0.1) is 0 Å². The van der Waals surface area contributed by atoms with Gasteiger partial charge in [-0.3, -0.25) is 14.9 Å². The van der Waals surface area contributed by atoms with Gasteiger partial charge in [-0.2, -0.15) is 0 Å². The maximum Gasteiger partial charge on any atom is 0.287 e. The molecule has 18 heavy (non-hydrogen) atoms. The highest BCUT2D eigenvalue weighted by atomic mass is 16.6. The highest BCUT2D eigenvalue weighted by Gasteiger charge is 2.19. The van der Waals surface area contributed by atoms with E-state index in [1.54, 1.807) is 7.05 Å². The standard InChI is InChI=1S/C11H16N4O3/c1-14-7-9(15(17)18)4-10(14)11(16)13-6-8-2-3-12-5-8/h4,7-8,12H,2-3,5-6H2,1H3,(H,13,16). The third-order valence-corrected chi connectivity index (χ3v) is 3.15. The van der Waals surface area contributed by atoms with Gasteiger partial charge in [-0.1, -0.05) is 0 Å². The molecule has 7 nitrogen and oxygen atoms in total. The lowest BCUT2D eigenvalue weighted by Gasteiger charge is -2.10. The predicted octanol–water partition coefficient (Wildman–Crippen LogP) is 0.273. The van der Waals surface area contributed by atoms with Crippen molar-refractivity contribution in [3.63, 3.8) is 0 Å². The molecule has 2 heterocycles. The van der Waals surface area contributed by atoms with Crippen molar-refractivity contribution in [2.24, 2.45) is 13.0 Å². The van der Waals surface area contributed by atoms with Gasteiger partial charge in [0.1, 0.15) is 5.69 Å². The van der Waals surface area contributed by atoms with Crippen LogP contribution in [0.3, 0.4) is 0 Å². The van der Waals surface area contributed by atoms with Gasteiger partial charge in [0, 0.05) is 19.7 Å². The molecule has 2 rings (SSSR count). The van der Waals surface area contributed by atoms with E-state index in [4.69, 9.17) is 0 Å². The van der Waals surface area contributed by atoms with Gasteiger partial charge >= 0.3 is 0 Å². The maximum atomic E-state index is 11.9. The lowest BCUT2D eigenvalue weighted by atomic mass is 10.1. The van der Waals surface area contributed by atoms with Gasteiger partial charge in [-0.05, 0) is 25.4 Å². The summed E-state index contributed by atoms with van der Waals surface area (Å²) in [4.78, 5) is 22.0. The summed E-state index contributed by atoms with van der Waals surface area (Å²) in [6.07, 6.45) is 2.39. The zero-order valence-corrected chi connectivity index (χ0v) is 10.2. The smallest absolute Gasteiger partial charge is 0.287 e. The third kappa shape index (κ3) is 2.67. The molecule has 98 valence electrons. The first-order chi connectivity index (χ1) is 8.58. The van der Waals surface area contributed by atoms with E-state index < -0.39 is 4.92 Å². The summed E-state index contributed by atoms with van der Waals surface area (Å²) in [5, 5.41) is 16.6. The van der Waals surface area contributed by atoms with Crippen molar-refractivity contribution in [2.75, 3.05) is 19.6 Å². The monoisotopic (exact) mass is 252 g/mol. The van der Waals surface area contributed by atoms with Crippen LogP contribution in [-0.2, 0) is 7.05 Å². The first-order valence-electron chi connectivity index (χ1n) is 5.87. The second-order valence-corrected chi connectivity index (χ2v) is 4.52. The van der Waals surface area contributed by atoms with E-state index in [1.807, 2.05) is 0 Å². The number of hydrogen-bond donors (Lipinski definition) is 2. The molecule has 1 fully saturated rings. The number of aromatic nitrogens is 1. The number of nitro groups is 1.